The molecule has 0 spiro atoms. The third-order valence-corrected chi connectivity index (χ3v) is 5.38. The average molecular weight is 358 g/mol. The van der Waals surface area contributed by atoms with Crippen LogP contribution in [-0.4, -0.2) is 55.6 Å². The van der Waals surface area contributed by atoms with Gasteiger partial charge in [0.1, 0.15) is 17.5 Å². The van der Waals surface area contributed by atoms with E-state index in [0.29, 0.717) is 0 Å². The van der Waals surface area contributed by atoms with Gasteiger partial charge in [0.25, 0.3) is 0 Å². The number of thioether (sulfide) groups is 2. The number of hydrogen-bond donors (Lipinski definition) is 0. The van der Waals surface area contributed by atoms with Gasteiger partial charge >= 0.3 is 5.30 Å². The lowest BCUT2D eigenvalue weighted by Crippen LogP contribution is -2.57. The molecule has 128 valence electrons. The van der Waals surface area contributed by atoms with Gasteiger partial charge in [-0.3, -0.25) is 0 Å². The van der Waals surface area contributed by atoms with Crippen LogP contribution in [0.15, 0.2) is 35.2 Å². The standard InChI is InChI=1S/C16H22O5S2/c1-10-12(18-2)13(21-16(17)22-4)14(15(19-3)20-10)23-11-8-6-5-7-9-11/h5-10,12-15H,1-4H3/t10-,12-,13+,14-,15-/m0/s1. The smallest absolute Gasteiger partial charge is 0.367 e. The molecule has 5 nitrogen and oxygen atoms in total. The van der Waals surface area contributed by atoms with Crippen LogP contribution in [-0.2, 0) is 18.9 Å². The van der Waals surface area contributed by atoms with E-state index in [2.05, 4.69) is 0 Å². The molecule has 5 atom stereocenters. The minimum Gasteiger partial charge on any atom is -0.450 e. The SMILES string of the molecule is CO[C@H]1O[C@@H](C)[C@H](OC)[C@@H](OC(=O)SC)[C@@H]1Sc1ccccc1. The molecule has 23 heavy (non-hydrogen) atoms. The van der Waals surface area contributed by atoms with Crippen LogP contribution in [0.2, 0.25) is 0 Å². The molecule has 1 heterocycles. The third-order valence-electron chi connectivity index (χ3n) is 3.65. The number of benzene rings is 1. The van der Waals surface area contributed by atoms with Crippen LogP contribution < -0.4 is 0 Å². The van der Waals surface area contributed by atoms with E-state index in [1.807, 2.05) is 37.3 Å². The Morgan fingerprint density at radius 2 is 1.83 bits per heavy atom. The van der Waals surface area contributed by atoms with Crippen molar-refractivity contribution in [1.82, 2.24) is 0 Å². The normalized spacial score (nSPS) is 30.9. The van der Waals surface area contributed by atoms with Gasteiger partial charge in [0.05, 0.1) is 6.10 Å². The second kappa shape index (κ2) is 8.94. The zero-order valence-electron chi connectivity index (χ0n) is 13.6. The number of rotatable bonds is 5. The van der Waals surface area contributed by atoms with E-state index in [1.54, 1.807) is 32.2 Å². The lowest BCUT2D eigenvalue weighted by molar-refractivity contribution is -0.236. The van der Waals surface area contributed by atoms with E-state index in [1.165, 1.54) is 0 Å². The molecular weight excluding hydrogens is 336 g/mol. The van der Waals surface area contributed by atoms with Gasteiger partial charge in [-0.1, -0.05) is 18.2 Å². The summed E-state index contributed by atoms with van der Waals surface area (Å²) in [4.78, 5) is 12.9. The summed E-state index contributed by atoms with van der Waals surface area (Å²) < 4.78 is 22.6. The fourth-order valence-electron chi connectivity index (χ4n) is 2.56. The second-order valence-electron chi connectivity index (χ2n) is 5.08. The highest BCUT2D eigenvalue weighted by Gasteiger charge is 2.47. The Morgan fingerprint density at radius 1 is 1.13 bits per heavy atom. The summed E-state index contributed by atoms with van der Waals surface area (Å²) in [6.45, 7) is 1.89. The molecule has 0 unspecified atom stereocenters. The molecule has 0 saturated carbocycles. The number of carbonyl (C=O) groups is 1. The molecule has 2 rings (SSSR count). The van der Waals surface area contributed by atoms with Crippen LogP contribution in [0.3, 0.4) is 0 Å². The Kier molecular flexibility index (Phi) is 7.23. The van der Waals surface area contributed by atoms with Gasteiger partial charge in [-0.15, -0.1) is 11.8 Å². The summed E-state index contributed by atoms with van der Waals surface area (Å²) in [5.74, 6) is 0. The summed E-state index contributed by atoms with van der Waals surface area (Å²) in [5, 5.41) is -0.556. The van der Waals surface area contributed by atoms with E-state index in [4.69, 9.17) is 18.9 Å². The van der Waals surface area contributed by atoms with Crippen LogP contribution in [0.25, 0.3) is 0 Å². The van der Waals surface area contributed by atoms with Crippen molar-refractivity contribution in [3.8, 4) is 0 Å². The summed E-state index contributed by atoms with van der Waals surface area (Å²) in [5.41, 5.74) is 0. The van der Waals surface area contributed by atoms with Crippen molar-refractivity contribution in [2.24, 2.45) is 0 Å². The van der Waals surface area contributed by atoms with Crippen LogP contribution in [0, 0.1) is 0 Å². The molecule has 1 aromatic carbocycles. The summed E-state index contributed by atoms with van der Waals surface area (Å²) in [6, 6.07) is 9.90. The molecule has 0 aromatic heterocycles. The number of hydrogen-bond acceptors (Lipinski definition) is 7. The molecule has 1 aliphatic heterocycles. The predicted octanol–water partition coefficient (Wildman–Crippen LogP) is 3.42. The molecule has 0 N–H and O–H groups in total. The maximum absolute atomic E-state index is 11.8. The first-order valence-corrected chi connectivity index (χ1v) is 9.38. The van der Waals surface area contributed by atoms with Crippen molar-refractivity contribution in [1.29, 1.82) is 0 Å². The zero-order chi connectivity index (χ0) is 16.8. The first kappa shape index (κ1) is 18.6. The van der Waals surface area contributed by atoms with Crippen molar-refractivity contribution in [3.63, 3.8) is 0 Å². The summed E-state index contributed by atoms with van der Waals surface area (Å²) in [7, 11) is 3.19. The van der Waals surface area contributed by atoms with E-state index >= 15 is 0 Å². The maximum Gasteiger partial charge on any atom is 0.367 e. The Hall–Kier alpha value is -0.730. The zero-order valence-corrected chi connectivity index (χ0v) is 15.3. The molecular formula is C16H22O5S2. The molecule has 7 heteroatoms. The molecule has 1 aliphatic rings. The van der Waals surface area contributed by atoms with Gasteiger partial charge in [0, 0.05) is 19.1 Å². The maximum atomic E-state index is 11.8. The first-order chi connectivity index (χ1) is 11.1. The van der Waals surface area contributed by atoms with Crippen molar-refractivity contribution in [2.75, 3.05) is 20.5 Å². The Labute approximate surface area is 145 Å². The number of methoxy groups -OCH3 is 2. The van der Waals surface area contributed by atoms with Crippen LogP contribution in [0.1, 0.15) is 6.92 Å². The van der Waals surface area contributed by atoms with E-state index in [-0.39, 0.29) is 22.8 Å². The van der Waals surface area contributed by atoms with Crippen molar-refractivity contribution in [3.05, 3.63) is 30.3 Å². The molecule has 0 radical (unpaired) electrons. The molecule has 1 saturated heterocycles. The van der Waals surface area contributed by atoms with Gasteiger partial charge in [0.2, 0.25) is 0 Å². The van der Waals surface area contributed by atoms with Crippen LogP contribution >= 0.6 is 23.5 Å². The second-order valence-corrected chi connectivity index (χ2v) is 7.07. The Bertz CT molecular complexity index is 499. The number of ether oxygens (including phenoxy) is 4. The lowest BCUT2D eigenvalue weighted by Gasteiger charge is -2.43. The topological polar surface area (TPSA) is 54.0 Å². The van der Waals surface area contributed by atoms with Gasteiger partial charge in [-0.2, -0.15) is 0 Å². The fraction of sp³-hybridized carbons (Fsp3) is 0.562. The molecule has 0 amide bonds. The highest BCUT2D eigenvalue weighted by Crippen LogP contribution is 2.37. The minimum absolute atomic E-state index is 0.223. The monoisotopic (exact) mass is 358 g/mol. The molecule has 1 fully saturated rings. The first-order valence-electron chi connectivity index (χ1n) is 7.28. The van der Waals surface area contributed by atoms with Gasteiger partial charge in [0.15, 0.2) is 6.29 Å². The van der Waals surface area contributed by atoms with Crippen molar-refractivity contribution < 1.29 is 23.7 Å². The van der Waals surface area contributed by atoms with Crippen molar-refractivity contribution >= 4 is 28.8 Å². The fourth-order valence-corrected chi connectivity index (χ4v) is 4.03. The van der Waals surface area contributed by atoms with E-state index in [0.717, 1.165) is 16.7 Å². The highest BCUT2D eigenvalue weighted by molar-refractivity contribution is 8.12. The highest BCUT2D eigenvalue weighted by atomic mass is 32.2. The lowest BCUT2D eigenvalue weighted by atomic mass is 10.0. The molecule has 0 aliphatic carbocycles. The molecule has 1 aromatic rings. The van der Waals surface area contributed by atoms with Gasteiger partial charge in [-0.25, -0.2) is 4.79 Å². The Morgan fingerprint density at radius 3 is 2.39 bits per heavy atom. The summed E-state index contributed by atoms with van der Waals surface area (Å²) in [6.07, 6.45) is 0.163. The van der Waals surface area contributed by atoms with Crippen LogP contribution in [0.5, 0.6) is 0 Å². The van der Waals surface area contributed by atoms with Crippen molar-refractivity contribution in [2.45, 2.75) is 41.7 Å². The van der Waals surface area contributed by atoms with E-state index < -0.39 is 12.4 Å². The summed E-state index contributed by atoms with van der Waals surface area (Å²) >= 11 is 2.60. The van der Waals surface area contributed by atoms with Gasteiger partial charge in [-0.05, 0) is 37.1 Å². The largest absolute Gasteiger partial charge is 0.450 e. The predicted molar refractivity (Wildman–Crippen MR) is 92.0 cm³/mol. The molecule has 0 bridgehead atoms. The van der Waals surface area contributed by atoms with Crippen LogP contribution in [0.4, 0.5) is 4.79 Å². The average Bonchev–Trinajstić information content (AvgIpc) is 2.57. The number of carbonyl (C=O) groups excluding carboxylic acids is 1. The van der Waals surface area contributed by atoms with Gasteiger partial charge < -0.3 is 18.9 Å². The third kappa shape index (κ3) is 4.64. The van der Waals surface area contributed by atoms with E-state index in [9.17, 15) is 4.79 Å². The minimum atomic E-state index is -0.485. The Balaban J connectivity index is 2.27. The quantitative estimate of drug-likeness (QED) is 0.748.